The number of nitro groups is 1. The van der Waals surface area contributed by atoms with Crippen LogP contribution in [0.25, 0.3) is 0 Å². The predicted molar refractivity (Wildman–Crippen MR) is 95.8 cm³/mol. The van der Waals surface area contributed by atoms with Gasteiger partial charge in [0.2, 0.25) is 10.0 Å². The Balaban J connectivity index is 1.81. The number of sulfonamides is 1. The van der Waals surface area contributed by atoms with Gasteiger partial charge in [-0.15, -0.1) is 0 Å². The number of carbonyl (C=O) groups excluding carboxylic acids is 1. The average Bonchev–Trinajstić information content (AvgIpc) is 3.38. The van der Waals surface area contributed by atoms with Crippen LogP contribution in [0.4, 0.5) is 11.4 Å². The largest absolute Gasteiger partial charge is 0.322 e. The number of nitro benzene ring substituents is 1. The van der Waals surface area contributed by atoms with Crippen molar-refractivity contribution in [1.29, 1.82) is 0 Å². The Kier molecular flexibility index (Phi) is 4.94. The first kappa shape index (κ1) is 18.3. The molecule has 3 rings (SSSR count). The van der Waals surface area contributed by atoms with E-state index in [0.29, 0.717) is 0 Å². The molecule has 0 saturated heterocycles. The Hall–Kier alpha value is -2.49. The summed E-state index contributed by atoms with van der Waals surface area (Å²) in [6.45, 7) is 0. The van der Waals surface area contributed by atoms with Crippen LogP contribution in [0.1, 0.15) is 23.2 Å². The van der Waals surface area contributed by atoms with Gasteiger partial charge < -0.3 is 5.32 Å². The van der Waals surface area contributed by atoms with E-state index >= 15 is 0 Å². The first-order valence-corrected chi connectivity index (χ1v) is 9.50. The molecular formula is C16H14ClN3O5S. The molecule has 2 aromatic rings. The monoisotopic (exact) mass is 395 g/mol. The summed E-state index contributed by atoms with van der Waals surface area (Å²) in [5, 5.41) is 13.4. The highest BCUT2D eigenvalue weighted by molar-refractivity contribution is 7.89. The van der Waals surface area contributed by atoms with Gasteiger partial charge in [0.15, 0.2) is 0 Å². The van der Waals surface area contributed by atoms with Gasteiger partial charge >= 0.3 is 0 Å². The summed E-state index contributed by atoms with van der Waals surface area (Å²) in [5.74, 6) is -0.616. The van der Waals surface area contributed by atoms with E-state index in [2.05, 4.69) is 10.0 Å². The second-order valence-electron chi connectivity index (χ2n) is 5.80. The number of carbonyl (C=O) groups is 1. The highest BCUT2D eigenvalue weighted by Gasteiger charge is 2.28. The second kappa shape index (κ2) is 7.02. The van der Waals surface area contributed by atoms with E-state index in [1.165, 1.54) is 36.4 Å². The minimum absolute atomic E-state index is 0.0317. The molecule has 2 aromatic carbocycles. The summed E-state index contributed by atoms with van der Waals surface area (Å²) < 4.78 is 27.0. The summed E-state index contributed by atoms with van der Waals surface area (Å²) in [5.41, 5.74) is -0.0963. The molecule has 1 aliphatic carbocycles. The van der Waals surface area contributed by atoms with Crippen molar-refractivity contribution in [2.45, 2.75) is 23.8 Å². The number of halogens is 1. The van der Waals surface area contributed by atoms with Crippen LogP contribution in [0.2, 0.25) is 5.02 Å². The van der Waals surface area contributed by atoms with Gasteiger partial charge in [0, 0.05) is 23.4 Å². The number of anilines is 1. The van der Waals surface area contributed by atoms with Gasteiger partial charge in [0.05, 0.1) is 9.82 Å². The number of hydrogen-bond acceptors (Lipinski definition) is 5. The summed E-state index contributed by atoms with van der Waals surface area (Å²) in [4.78, 5) is 22.6. The molecule has 10 heteroatoms. The molecular weight excluding hydrogens is 382 g/mol. The molecule has 0 spiro atoms. The summed E-state index contributed by atoms with van der Waals surface area (Å²) in [6, 6.07) is 9.41. The normalized spacial score (nSPS) is 14.0. The van der Waals surface area contributed by atoms with E-state index < -0.39 is 20.9 Å². The number of nitrogens with one attached hydrogen (secondary N) is 2. The third-order valence-electron chi connectivity index (χ3n) is 3.71. The number of amides is 1. The van der Waals surface area contributed by atoms with Crippen molar-refractivity contribution in [2.75, 3.05) is 5.32 Å². The Morgan fingerprint density at radius 2 is 1.92 bits per heavy atom. The lowest BCUT2D eigenvalue weighted by Gasteiger charge is -2.09. The highest BCUT2D eigenvalue weighted by Crippen LogP contribution is 2.26. The van der Waals surface area contributed by atoms with Crippen molar-refractivity contribution >= 4 is 38.9 Å². The van der Waals surface area contributed by atoms with Gasteiger partial charge in [-0.05, 0) is 43.2 Å². The number of rotatable bonds is 6. The molecule has 0 bridgehead atoms. The Bertz CT molecular complexity index is 989. The van der Waals surface area contributed by atoms with Crippen molar-refractivity contribution in [3.8, 4) is 0 Å². The fourth-order valence-electron chi connectivity index (χ4n) is 2.23. The molecule has 0 aliphatic heterocycles. The first-order valence-electron chi connectivity index (χ1n) is 7.64. The maximum Gasteiger partial charge on any atom is 0.288 e. The molecule has 0 atom stereocenters. The minimum Gasteiger partial charge on any atom is -0.322 e. The maximum atomic E-state index is 12.3. The number of benzene rings is 2. The Morgan fingerprint density at radius 1 is 1.19 bits per heavy atom. The first-order chi connectivity index (χ1) is 12.3. The van der Waals surface area contributed by atoms with Crippen LogP contribution in [0, 0.1) is 10.1 Å². The van der Waals surface area contributed by atoms with Crippen LogP contribution < -0.4 is 10.0 Å². The van der Waals surface area contributed by atoms with Crippen LogP contribution in [0.3, 0.4) is 0 Å². The fraction of sp³-hybridized carbons (Fsp3) is 0.188. The van der Waals surface area contributed by atoms with Crippen molar-refractivity contribution < 1.29 is 18.1 Å². The molecule has 1 fully saturated rings. The SMILES string of the molecule is O=C(Nc1cccc(S(=O)(=O)NC2CC2)c1)c1ccc(Cl)c([N+](=O)[O-])c1. The molecule has 1 aliphatic rings. The van der Waals surface area contributed by atoms with Gasteiger partial charge in [-0.1, -0.05) is 17.7 Å². The zero-order chi connectivity index (χ0) is 18.9. The van der Waals surface area contributed by atoms with Crippen molar-refractivity contribution in [2.24, 2.45) is 0 Å². The third-order valence-corrected chi connectivity index (χ3v) is 5.54. The average molecular weight is 396 g/mol. The summed E-state index contributed by atoms with van der Waals surface area (Å²) in [6.07, 6.45) is 1.62. The molecule has 0 heterocycles. The van der Waals surface area contributed by atoms with E-state index in [-0.39, 0.29) is 32.9 Å². The van der Waals surface area contributed by atoms with Gasteiger partial charge in [-0.3, -0.25) is 14.9 Å². The molecule has 0 unspecified atom stereocenters. The minimum atomic E-state index is -3.65. The van der Waals surface area contributed by atoms with Crippen molar-refractivity contribution in [3.05, 3.63) is 63.2 Å². The fourth-order valence-corrected chi connectivity index (χ4v) is 3.76. The standard InChI is InChI=1S/C16H14ClN3O5S/c17-14-7-4-10(8-15(14)20(22)23)16(21)18-12-2-1-3-13(9-12)26(24,25)19-11-5-6-11/h1-4,7-9,11,19H,5-6H2,(H,18,21). The van der Waals surface area contributed by atoms with Gasteiger partial charge in [-0.2, -0.15) is 0 Å². The Morgan fingerprint density at radius 3 is 2.58 bits per heavy atom. The van der Waals surface area contributed by atoms with E-state index in [1.54, 1.807) is 0 Å². The summed E-state index contributed by atoms with van der Waals surface area (Å²) >= 11 is 5.73. The van der Waals surface area contributed by atoms with Crippen LogP contribution in [0.15, 0.2) is 47.4 Å². The van der Waals surface area contributed by atoms with Crippen molar-refractivity contribution in [3.63, 3.8) is 0 Å². The molecule has 1 saturated carbocycles. The lowest BCUT2D eigenvalue weighted by Crippen LogP contribution is -2.25. The zero-order valence-corrected chi connectivity index (χ0v) is 14.9. The predicted octanol–water partition coefficient (Wildman–Crippen LogP) is 2.94. The molecule has 8 nitrogen and oxygen atoms in total. The highest BCUT2D eigenvalue weighted by atomic mass is 35.5. The molecule has 2 N–H and O–H groups in total. The summed E-state index contributed by atoms with van der Waals surface area (Å²) in [7, 11) is -3.65. The van der Waals surface area contributed by atoms with Crippen molar-refractivity contribution in [1.82, 2.24) is 4.72 Å². The Labute approximate surface area is 154 Å². The molecule has 0 radical (unpaired) electrons. The second-order valence-corrected chi connectivity index (χ2v) is 7.92. The van der Waals surface area contributed by atoms with Crippen LogP contribution in [-0.2, 0) is 10.0 Å². The molecule has 136 valence electrons. The quantitative estimate of drug-likeness (QED) is 0.575. The molecule has 0 aromatic heterocycles. The zero-order valence-electron chi connectivity index (χ0n) is 13.3. The maximum absolute atomic E-state index is 12.3. The van der Waals surface area contributed by atoms with Gasteiger partial charge in [0.1, 0.15) is 5.02 Å². The lowest BCUT2D eigenvalue weighted by atomic mass is 10.2. The van der Waals surface area contributed by atoms with Crippen LogP contribution in [0.5, 0.6) is 0 Å². The van der Waals surface area contributed by atoms with Gasteiger partial charge in [-0.25, -0.2) is 13.1 Å². The van der Waals surface area contributed by atoms with E-state index in [0.717, 1.165) is 18.9 Å². The van der Waals surface area contributed by atoms with E-state index in [4.69, 9.17) is 11.6 Å². The third kappa shape index (κ3) is 4.18. The molecule has 1 amide bonds. The van der Waals surface area contributed by atoms with Crippen LogP contribution >= 0.6 is 11.6 Å². The smallest absolute Gasteiger partial charge is 0.288 e. The van der Waals surface area contributed by atoms with E-state index in [1.807, 2.05) is 0 Å². The van der Waals surface area contributed by atoms with Gasteiger partial charge in [0.25, 0.3) is 11.6 Å². The van der Waals surface area contributed by atoms with Crippen LogP contribution in [-0.4, -0.2) is 25.3 Å². The topological polar surface area (TPSA) is 118 Å². The molecule has 26 heavy (non-hydrogen) atoms. The number of nitrogens with zero attached hydrogens (tertiary/aromatic N) is 1. The number of hydrogen-bond donors (Lipinski definition) is 2. The van der Waals surface area contributed by atoms with E-state index in [9.17, 15) is 23.3 Å². The lowest BCUT2D eigenvalue weighted by molar-refractivity contribution is -0.384.